The summed E-state index contributed by atoms with van der Waals surface area (Å²) >= 11 is 1.18. The zero-order valence-corrected chi connectivity index (χ0v) is 17.4. The third-order valence-corrected chi connectivity index (χ3v) is 6.86. The molecule has 2 aromatic rings. The molecule has 3 atom stereocenters. The average Bonchev–Trinajstić information content (AvgIpc) is 3.45. The number of fused-ring (bicyclic) bond motifs is 2. The van der Waals surface area contributed by atoms with Gasteiger partial charge in [-0.15, -0.1) is 0 Å². The van der Waals surface area contributed by atoms with Crippen molar-refractivity contribution in [3.63, 3.8) is 0 Å². The number of thiazole rings is 1. The van der Waals surface area contributed by atoms with Crippen LogP contribution in [-0.4, -0.2) is 48.4 Å². The van der Waals surface area contributed by atoms with Crippen molar-refractivity contribution >= 4 is 28.1 Å². The summed E-state index contributed by atoms with van der Waals surface area (Å²) in [5.41, 5.74) is 1.95. The molecule has 2 bridgehead atoms. The van der Waals surface area contributed by atoms with Gasteiger partial charge in [0.25, 0.3) is 5.88 Å². The molecule has 2 aliphatic carbocycles. The fraction of sp³-hybridized carbons (Fsp3) is 0.455. The van der Waals surface area contributed by atoms with Crippen molar-refractivity contribution in [3.8, 4) is 10.9 Å². The van der Waals surface area contributed by atoms with Crippen LogP contribution in [0.4, 0.5) is 10.8 Å². The highest BCUT2D eigenvalue weighted by atomic mass is 32.1. The number of benzene rings is 1. The Bertz CT molecular complexity index is 954. The summed E-state index contributed by atoms with van der Waals surface area (Å²) in [4.78, 5) is 18.8. The summed E-state index contributed by atoms with van der Waals surface area (Å²) in [6.45, 7) is 3.12. The van der Waals surface area contributed by atoms with Crippen LogP contribution < -0.4 is 15.0 Å². The summed E-state index contributed by atoms with van der Waals surface area (Å²) in [6, 6.07) is 8.24. The molecule has 30 heavy (non-hydrogen) atoms. The predicted molar refractivity (Wildman–Crippen MR) is 115 cm³/mol. The number of rotatable bonds is 6. The molecule has 0 radical (unpaired) electrons. The minimum absolute atomic E-state index is 0.134. The molecule has 2 fully saturated rings. The van der Waals surface area contributed by atoms with Crippen LogP contribution in [-0.2, 0) is 16.0 Å². The lowest BCUT2D eigenvalue weighted by atomic mass is 10.0. The maximum atomic E-state index is 12.5. The Labute approximate surface area is 179 Å². The van der Waals surface area contributed by atoms with E-state index < -0.39 is 5.97 Å². The predicted octanol–water partition coefficient (Wildman–Crippen LogP) is 3.21. The fourth-order valence-electron chi connectivity index (χ4n) is 4.52. The Morgan fingerprint density at radius 1 is 1.30 bits per heavy atom. The number of hydrogen-bond donors (Lipinski definition) is 2. The molecule has 1 saturated carbocycles. The van der Waals surface area contributed by atoms with E-state index in [4.69, 9.17) is 9.47 Å². The van der Waals surface area contributed by atoms with Crippen molar-refractivity contribution in [2.45, 2.75) is 25.3 Å². The van der Waals surface area contributed by atoms with Crippen LogP contribution in [0.5, 0.6) is 10.9 Å². The smallest absolute Gasteiger partial charge is 0.316 e. The first-order valence-corrected chi connectivity index (χ1v) is 11.2. The summed E-state index contributed by atoms with van der Waals surface area (Å²) < 4.78 is 10.8. The van der Waals surface area contributed by atoms with Gasteiger partial charge in [-0.3, -0.25) is 4.79 Å². The molecule has 7 nitrogen and oxygen atoms in total. The number of esters is 1. The first-order chi connectivity index (χ1) is 14.6. The first kappa shape index (κ1) is 19.4. The highest BCUT2D eigenvalue weighted by Crippen LogP contribution is 2.43. The van der Waals surface area contributed by atoms with Gasteiger partial charge in [-0.05, 0) is 42.4 Å². The number of carbonyl (C=O) groups excluding carboxylic acids is 1. The second-order valence-corrected chi connectivity index (χ2v) is 9.04. The monoisotopic (exact) mass is 427 g/mol. The van der Waals surface area contributed by atoms with Crippen LogP contribution in [0.1, 0.15) is 18.4 Å². The summed E-state index contributed by atoms with van der Waals surface area (Å²) in [6.07, 6.45) is 6.93. The average molecular weight is 428 g/mol. The summed E-state index contributed by atoms with van der Waals surface area (Å²) in [5.74, 6) is 0.511. The molecule has 1 saturated heterocycles. The van der Waals surface area contributed by atoms with Gasteiger partial charge >= 0.3 is 5.97 Å². The highest BCUT2D eigenvalue weighted by Gasteiger charge is 2.36. The number of nitrogens with zero attached hydrogens (tertiary/aromatic N) is 2. The van der Waals surface area contributed by atoms with Gasteiger partial charge in [0, 0.05) is 24.8 Å². The van der Waals surface area contributed by atoms with E-state index in [-0.39, 0.29) is 17.4 Å². The van der Waals surface area contributed by atoms with E-state index in [0.29, 0.717) is 36.2 Å². The number of hydrogen-bond acceptors (Lipinski definition) is 8. The molecule has 5 rings (SSSR count). The van der Waals surface area contributed by atoms with Gasteiger partial charge in [0.15, 0.2) is 5.13 Å². The van der Waals surface area contributed by atoms with Crippen molar-refractivity contribution in [1.29, 1.82) is 0 Å². The van der Waals surface area contributed by atoms with Gasteiger partial charge in [0.05, 0.1) is 19.6 Å². The second kappa shape index (κ2) is 8.28. The molecule has 0 amide bonds. The fourth-order valence-corrected chi connectivity index (χ4v) is 5.31. The van der Waals surface area contributed by atoms with Crippen molar-refractivity contribution in [2.24, 2.45) is 11.8 Å². The quantitative estimate of drug-likeness (QED) is 0.541. The number of anilines is 2. The molecular formula is C22H25N3O4S. The number of carbonyl (C=O) groups is 1. The summed E-state index contributed by atoms with van der Waals surface area (Å²) in [7, 11) is 0. The van der Waals surface area contributed by atoms with Crippen LogP contribution >= 0.6 is 11.3 Å². The normalized spacial score (nSPS) is 24.9. The lowest BCUT2D eigenvalue weighted by Crippen LogP contribution is -2.36. The molecule has 3 unspecified atom stereocenters. The Kier molecular flexibility index (Phi) is 5.35. The zero-order valence-electron chi connectivity index (χ0n) is 16.6. The van der Waals surface area contributed by atoms with Crippen molar-refractivity contribution in [1.82, 2.24) is 4.98 Å². The van der Waals surface area contributed by atoms with E-state index in [1.807, 2.05) is 24.3 Å². The van der Waals surface area contributed by atoms with Gasteiger partial charge in [-0.2, -0.15) is 4.98 Å². The lowest BCUT2D eigenvalue weighted by molar-refractivity contribution is -0.133. The molecule has 0 spiro atoms. The van der Waals surface area contributed by atoms with E-state index in [1.165, 1.54) is 17.8 Å². The number of ether oxygens (including phenoxy) is 2. The molecular weight excluding hydrogens is 402 g/mol. The highest BCUT2D eigenvalue weighted by molar-refractivity contribution is 7.17. The molecule has 1 aromatic heterocycles. The molecule has 2 heterocycles. The third kappa shape index (κ3) is 4.15. The molecule has 3 aliphatic rings. The molecule has 8 heteroatoms. The Morgan fingerprint density at radius 2 is 2.17 bits per heavy atom. The van der Waals surface area contributed by atoms with E-state index in [2.05, 4.69) is 27.4 Å². The second-order valence-electron chi connectivity index (χ2n) is 8.08. The van der Waals surface area contributed by atoms with E-state index >= 15 is 0 Å². The van der Waals surface area contributed by atoms with Gasteiger partial charge < -0.3 is 24.8 Å². The van der Waals surface area contributed by atoms with Crippen molar-refractivity contribution < 1.29 is 19.4 Å². The molecule has 1 aliphatic heterocycles. The number of aromatic nitrogens is 1. The van der Waals surface area contributed by atoms with Gasteiger partial charge in [0.2, 0.25) is 5.06 Å². The van der Waals surface area contributed by atoms with Gasteiger partial charge in [0.1, 0.15) is 0 Å². The van der Waals surface area contributed by atoms with Gasteiger partial charge in [-0.1, -0.05) is 35.6 Å². The van der Waals surface area contributed by atoms with E-state index in [0.717, 1.165) is 30.8 Å². The minimum Gasteiger partial charge on any atom is -0.490 e. The van der Waals surface area contributed by atoms with Crippen LogP contribution in [0.3, 0.4) is 0 Å². The lowest BCUT2D eigenvalue weighted by Gasteiger charge is -2.29. The van der Waals surface area contributed by atoms with Crippen LogP contribution in [0.15, 0.2) is 36.4 Å². The first-order valence-electron chi connectivity index (χ1n) is 10.4. The van der Waals surface area contributed by atoms with Crippen molar-refractivity contribution in [2.75, 3.05) is 36.5 Å². The van der Waals surface area contributed by atoms with Crippen LogP contribution in [0, 0.1) is 11.8 Å². The van der Waals surface area contributed by atoms with Gasteiger partial charge in [-0.25, -0.2) is 0 Å². The van der Waals surface area contributed by atoms with Crippen LogP contribution in [0.2, 0.25) is 0 Å². The van der Waals surface area contributed by atoms with Crippen LogP contribution in [0.25, 0.3) is 0 Å². The SMILES string of the molecule is O=C(Cc1cccc(N2CCOCC2)c1)Oc1sc(NC2CC3C=CC2C3)nc1O. The molecule has 1 aromatic carbocycles. The minimum atomic E-state index is -0.414. The standard InChI is InChI=1S/C22H25N3O4S/c26-19(13-14-2-1-3-17(11-14)25-6-8-28-9-7-25)29-21-20(27)24-22(30-21)23-18-12-15-4-5-16(18)10-15/h1-5,11,15-16,18,27H,6-10,12-13H2,(H,23,24). The van der Waals surface area contributed by atoms with E-state index in [9.17, 15) is 9.90 Å². The number of nitrogens with one attached hydrogen (secondary N) is 1. The Hall–Kier alpha value is -2.58. The zero-order chi connectivity index (χ0) is 20.5. The topological polar surface area (TPSA) is 83.9 Å². The maximum absolute atomic E-state index is 12.5. The third-order valence-electron chi connectivity index (χ3n) is 6.01. The molecule has 2 N–H and O–H groups in total. The Balaban J connectivity index is 1.19. The molecule has 158 valence electrons. The van der Waals surface area contributed by atoms with Crippen molar-refractivity contribution in [3.05, 3.63) is 42.0 Å². The largest absolute Gasteiger partial charge is 0.490 e. The summed E-state index contributed by atoms with van der Waals surface area (Å²) in [5, 5.41) is 14.2. The maximum Gasteiger partial charge on any atom is 0.316 e. The number of morpholine rings is 1. The van der Waals surface area contributed by atoms with E-state index in [1.54, 1.807) is 0 Å². The number of aromatic hydroxyl groups is 1. The number of allylic oxidation sites excluding steroid dienone is 1. The Morgan fingerprint density at radius 3 is 2.93 bits per heavy atom.